The second kappa shape index (κ2) is 9.14. The minimum atomic E-state index is -1.17. The molecule has 142 valence electrons. The number of rotatable bonds is 7. The highest BCUT2D eigenvalue weighted by atomic mass is 35.5. The number of non-ortho nitro benzene ring substituents is 1. The van der Waals surface area contributed by atoms with Gasteiger partial charge in [0.15, 0.2) is 0 Å². The minimum Gasteiger partial charge on any atom is -0.444 e. The van der Waals surface area contributed by atoms with Crippen molar-refractivity contribution in [3.63, 3.8) is 0 Å². The van der Waals surface area contributed by atoms with Crippen LogP contribution < -0.4 is 0 Å². The Morgan fingerprint density at radius 3 is 2.33 bits per heavy atom. The average Bonchev–Trinajstić information content (AvgIpc) is 2.67. The van der Waals surface area contributed by atoms with Crippen LogP contribution in [0, 0.1) is 10.1 Å². The van der Waals surface area contributed by atoms with Gasteiger partial charge >= 0.3 is 5.97 Å². The highest BCUT2D eigenvalue weighted by Crippen LogP contribution is 2.27. The highest BCUT2D eigenvalue weighted by Gasteiger charge is 2.30. The summed E-state index contributed by atoms with van der Waals surface area (Å²) in [6, 6.07) is 12.1. The SMILES string of the molecule is CCN(CC)C(=O)[C@H](OC(=O)c1cc([N+](=O)[O-])ccc1Cl)c1ccccc1. The minimum absolute atomic E-state index is 0.00713. The monoisotopic (exact) mass is 390 g/mol. The molecule has 1 atom stereocenters. The summed E-state index contributed by atoms with van der Waals surface area (Å²) in [7, 11) is 0. The number of carbonyl (C=O) groups excluding carboxylic acids is 2. The first kappa shape index (κ1) is 20.4. The highest BCUT2D eigenvalue weighted by molar-refractivity contribution is 6.33. The number of nitrogens with zero attached hydrogens (tertiary/aromatic N) is 2. The van der Waals surface area contributed by atoms with E-state index in [0.29, 0.717) is 18.7 Å². The lowest BCUT2D eigenvalue weighted by molar-refractivity contribution is -0.384. The lowest BCUT2D eigenvalue weighted by Crippen LogP contribution is -2.36. The summed E-state index contributed by atoms with van der Waals surface area (Å²) in [6.07, 6.45) is -1.17. The van der Waals surface area contributed by atoms with Gasteiger partial charge in [-0.15, -0.1) is 0 Å². The summed E-state index contributed by atoms with van der Waals surface area (Å²) in [5, 5.41) is 11.0. The van der Waals surface area contributed by atoms with Gasteiger partial charge in [0, 0.05) is 30.8 Å². The van der Waals surface area contributed by atoms with Crippen molar-refractivity contribution in [2.24, 2.45) is 0 Å². The summed E-state index contributed by atoms with van der Waals surface area (Å²) in [5.74, 6) is -1.28. The maximum absolute atomic E-state index is 12.8. The second-order valence-electron chi connectivity index (χ2n) is 5.63. The predicted octanol–water partition coefficient (Wildman–Crippen LogP) is 4.01. The predicted molar refractivity (Wildman–Crippen MR) is 101 cm³/mol. The van der Waals surface area contributed by atoms with Gasteiger partial charge in [0.25, 0.3) is 11.6 Å². The Morgan fingerprint density at radius 2 is 1.78 bits per heavy atom. The normalized spacial score (nSPS) is 11.5. The maximum atomic E-state index is 12.8. The molecule has 0 unspecified atom stereocenters. The van der Waals surface area contributed by atoms with E-state index >= 15 is 0 Å². The molecule has 0 spiro atoms. The number of carbonyl (C=O) groups is 2. The van der Waals surface area contributed by atoms with Gasteiger partial charge in [0.2, 0.25) is 6.10 Å². The molecule has 0 radical (unpaired) electrons. The van der Waals surface area contributed by atoms with Gasteiger partial charge in [0.1, 0.15) is 0 Å². The maximum Gasteiger partial charge on any atom is 0.341 e. The van der Waals surface area contributed by atoms with E-state index in [0.717, 1.165) is 6.07 Å². The van der Waals surface area contributed by atoms with Crippen LogP contribution in [0.4, 0.5) is 5.69 Å². The first-order chi connectivity index (χ1) is 12.9. The molecule has 0 fully saturated rings. The zero-order valence-electron chi connectivity index (χ0n) is 14.9. The fraction of sp³-hybridized carbons (Fsp3) is 0.263. The number of hydrogen-bond donors (Lipinski definition) is 0. The summed E-state index contributed by atoms with van der Waals surface area (Å²) < 4.78 is 5.45. The molecule has 0 aliphatic carbocycles. The molecule has 1 amide bonds. The molecule has 8 heteroatoms. The van der Waals surface area contributed by atoms with Crippen molar-refractivity contribution in [1.29, 1.82) is 0 Å². The third-order valence-corrected chi connectivity index (χ3v) is 4.34. The lowest BCUT2D eigenvalue weighted by Gasteiger charge is -2.25. The number of halogens is 1. The van der Waals surface area contributed by atoms with E-state index in [2.05, 4.69) is 0 Å². The molecule has 27 heavy (non-hydrogen) atoms. The van der Waals surface area contributed by atoms with Crippen molar-refractivity contribution < 1.29 is 19.2 Å². The van der Waals surface area contributed by atoms with E-state index in [1.807, 2.05) is 13.8 Å². The molecule has 2 aromatic carbocycles. The zero-order valence-corrected chi connectivity index (χ0v) is 15.7. The smallest absolute Gasteiger partial charge is 0.341 e. The summed E-state index contributed by atoms with van der Waals surface area (Å²) in [6.45, 7) is 4.55. The van der Waals surface area contributed by atoms with E-state index in [1.165, 1.54) is 12.1 Å². The average molecular weight is 391 g/mol. The third kappa shape index (κ3) is 4.83. The molecule has 0 saturated heterocycles. The molecule has 0 heterocycles. The molecule has 0 N–H and O–H groups in total. The first-order valence-electron chi connectivity index (χ1n) is 8.37. The van der Waals surface area contributed by atoms with Crippen molar-refractivity contribution in [3.8, 4) is 0 Å². The lowest BCUT2D eigenvalue weighted by atomic mass is 10.1. The number of esters is 1. The van der Waals surface area contributed by atoms with Gasteiger partial charge in [-0.3, -0.25) is 14.9 Å². The first-order valence-corrected chi connectivity index (χ1v) is 8.75. The van der Waals surface area contributed by atoms with E-state index in [9.17, 15) is 19.7 Å². The van der Waals surface area contributed by atoms with Crippen molar-refractivity contribution in [2.75, 3.05) is 13.1 Å². The Bertz CT molecular complexity index is 837. The van der Waals surface area contributed by atoms with Crippen molar-refractivity contribution in [1.82, 2.24) is 4.90 Å². The number of likely N-dealkylation sites (N-methyl/N-ethyl adjacent to an activating group) is 1. The Balaban J connectivity index is 2.38. The fourth-order valence-electron chi connectivity index (χ4n) is 2.54. The molecule has 0 aromatic heterocycles. The molecule has 2 aromatic rings. The second-order valence-corrected chi connectivity index (χ2v) is 6.04. The molecule has 2 rings (SSSR count). The van der Waals surface area contributed by atoms with Crippen LogP contribution >= 0.6 is 11.6 Å². The zero-order chi connectivity index (χ0) is 20.0. The van der Waals surface area contributed by atoms with E-state index < -0.39 is 17.0 Å². The number of nitro benzene ring substituents is 1. The molecule has 0 aliphatic heterocycles. The van der Waals surface area contributed by atoms with Gasteiger partial charge in [-0.25, -0.2) is 4.79 Å². The van der Waals surface area contributed by atoms with E-state index in [1.54, 1.807) is 35.2 Å². The van der Waals surface area contributed by atoms with E-state index in [4.69, 9.17) is 16.3 Å². The van der Waals surface area contributed by atoms with Crippen LogP contribution in [-0.2, 0) is 9.53 Å². The third-order valence-electron chi connectivity index (χ3n) is 4.01. The van der Waals surface area contributed by atoms with Crippen LogP contribution in [0.15, 0.2) is 48.5 Å². The van der Waals surface area contributed by atoms with Gasteiger partial charge < -0.3 is 9.64 Å². The number of benzene rings is 2. The van der Waals surface area contributed by atoms with Crippen molar-refractivity contribution in [2.45, 2.75) is 20.0 Å². The van der Waals surface area contributed by atoms with Gasteiger partial charge in [0.05, 0.1) is 15.5 Å². The van der Waals surface area contributed by atoms with Gasteiger partial charge in [-0.2, -0.15) is 0 Å². The summed E-state index contributed by atoms with van der Waals surface area (Å²) in [4.78, 5) is 37.3. The van der Waals surface area contributed by atoms with Crippen molar-refractivity contribution in [3.05, 3.63) is 74.8 Å². The van der Waals surface area contributed by atoms with Gasteiger partial charge in [-0.1, -0.05) is 41.9 Å². The van der Waals surface area contributed by atoms with Crippen molar-refractivity contribution >= 4 is 29.2 Å². The molecular weight excluding hydrogens is 372 g/mol. The number of ether oxygens (including phenoxy) is 1. The largest absolute Gasteiger partial charge is 0.444 e. The van der Waals surface area contributed by atoms with E-state index in [-0.39, 0.29) is 22.2 Å². The number of nitro groups is 1. The Kier molecular flexibility index (Phi) is 6.90. The standard InChI is InChI=1S/C19H19ClN2O5/c1-3-21(4-2)18(23)17(13-8-6-5-7-9-13)27-19(24)15-12-14(22(25)26)10-11-16(15)20/h5-12,17H,3-4H2,1-2H3/t17-/m1/s1. The van der Waals surface area contributed by atoms with Crippen LogP contribution in [0.5, 0.6) is 0 Å². The molecule has 0 bridgehead atoms. The summed E-state index contributed by atoms with van der Waals surface area (Å²) in [5.41, 5.74) is 0.0427. The van der Waals surface area contributed by atoms with Crippen LogP contribution in [0.2, 0.25) is 5.02 Å². The molecule has 0 saturated carbocycles. The Morgan fingerprint density at radius 1 is 1.15 bits per heavy atom. The van der Waals surface area contributed by atoms with Crippen LogP contribution in [0.25, 0.3) is 0 Å². The van der Waals surface area contributed by atoms with Crippen LogP contribution in [0.3, 0.4) is 0 Å². The Labute approximate surface area is 161 Å². The van der Waals surface area contributed by atoms with Gasteiger partial charge in [-0.05, 0) is 19.9 Å². The van der Waals surface area contributed by atoms with Crippen LogP contribution in [0.1, 0.15) is 35.9 Å². The quantitative estimate of drug-likeness (QED) is 0.404. The molecular formula is C19H19ClN2O5. The summed E-state index contributed by atoms with van der Waals surface area (Å²) >= 11 is 6.00. The van der Waals surface area contributed by atoms with Crippen LogP contribution in [-0.4, -0.2) is 34.8 Å². The Hall–Kier alpha value is -2.93. The fourth-order valence-corrected chi connectivity index (χ4v) is 2.74. The number of hydrogen-bond acceptors (Lipinski definition) is 5. The number of amides is 1. The molecule has 7 nitrogen and oxygen atoms in total. The topological polar surface area (TPSA) is 89.8 Å². The molecule has 0 aliphatic rings.